The number of carbonyl (C=O) groups is 1. The van der Waals surface area contributed by atoms with Crippen LogP contribution in [0.3, 0.4) is 0 Å². The van der Waals surface area contributed by atoms with Crippen LogP contribution in [0.2, 0.25) is 0 Å². The highest BCUT2D eigenvalue weighted by Gasteiger charge is 2.20. The fraction of sp³-hybridized carbons (Fsp3) is 0.250. The van der Waals surface area contributed by atoms with E-state index in [4.69, 9.17) is 4.74 Å². The van der Waals surface area contributed by atoms with Gasteiger partial charge in [-0.15, -0.1) is 6.58 Å². The predicted octanol–water partition coefficient (Wildman–Crippen LogP) is 7.37. The summed E-state index contributed by atoms with van der Waals surface area (Å²) in [6, 6.07) is 18.2. The highest BCUT2D eigenvalue weighted by Crippen LogP contribution is 2.33. The van der Waals surface area contributed by atoms with Gasteiger partial charge in [0.2, 0.25) is 0 Å². The van der Waals surface area contributed by atoms with Crippen LogP contribution in [0.1, 0.15) is 60.7 Å². The predicted molar refractivity (Wildman–Crippen MR) is 127 cm³/mol. The number of carbonyl (C=O) groups excluding carboxylic acids is 1. The van der Waals surface area contributed by atoms with Crippen molar-refractivity contribution >= 4 is 17.1 Å². The Bertz CT molecular complexity index is 1100. The second-order valence-electron chi connectivity index (χ2n) is 8.51. The van der Waals surface area contributed by atoms with Crippen LogP contribution >= 0.6 is 0 Å². The van der Waals surface area contributed by atoms with Crippen molar-refractivity contribution in [2.24, 2.45) is 0 Å². The number of fused-ring (bicyclic) bond motifs is 1. The van der Waals surface area contributed by atoms with Crippen molar-refractivity contribution in [3.63, 3.8) is 0 Å². The van der Waals surface area contributed by atoms with Crippen LogP contribution in [-0.2, 0) is 12.0 Å². The Balaban J connectivity index is 2.02. The summed E-state index contributed by atoms with van der Waals surface area (Å²) in [6.45, 7) is 17.0. The van der Waals surface area contributed by atoms with Crippen molar-refractivity contribution < 1.29 is 9.53 Å². The minimum absolute atomic E-state index is 0.142. The molecule has 1 atom stereocenters. The third-order valence-electron chi connectivity index (χ3n) is 6.03. The molecule has 0 aliphatic rings. The minimum Gasteiger partial charge on any atom is -0.488 e. The van der Waals surface area contributed by atoms with Crippen molar-refractivity contribution in [1.29, 1.82) is 0 Å². The first-order valence-corrected chi connectivity index (χ1v) is 10.3. The van der Waals surface area contributed by atoms with Gasteiger partial charge in [-0.1, -0.05) is 87.5 Å². The molecule has 0 bridgehead atoms. The molecular formula is C28H30O2. The summed E-state index contributed by atoms with van der Waals surface area (Å²) in [7, 11) is 0. The lowest BCUT2D eigenvalue weighted by Crippen LogP contribution is -2.15. The van der Waals surface area contributed by atoms with Crippen LogP contribution in [0.4, 0.5) is 0 Å². The van der Waals surface area contributed by atoms with Gasteiger partial charge in [-0.3, -0.25) is 4.79 Å². The second-order valence-corrected chi connectivity index (χ2v) is 8.51. The maximum Gasteiger partial charge on any atom is 0.154 e. The van der Waals surface area contributed by atoms with E-state index >= 15 is 0 Å². The Morgan fingerprint density at radius 3 is 2.53 bits per heavy atom. The van der Waals surface area contributed by atoms with Gasteiger partial charge in [0, 0.05) is 11.3 Å². The van der Waals surface area contributed by atoms with Gasteiger partial charge in [0.15, 0.2) is 6.29 Å². The Morgan fingerprint density at radius 1 is 1.13 bits per heavy atom. The first kappa shape index (κ1) is 21.6. The normalized spacial score (nSPS) is 12.4. The lowest BCUT2D eigenvalue weighted by atomic mass is 9.81. The van der Waals surface area contributed by atoms with Crippen LogP contribution in [0, 0.1) is 0 Å². The third-order valence-corrected chi connectivity index (χ3v) is 6.03. The van der Waals surface area contributed by atoms with E-state index in [1.165, 1.54) is 11.1 Å². The molecule has 3 rings (SSSR count). The van der Waals surface area contributed by atoms with E-state index in [9.17, 15) is 4.79 Å². The van der Waals surface area contributed by atoms with Gasteiger partial charge in [-0.25, -0.2) is 0 Å². The zero-order valence-electron chi connectivity index (χ0n) is 18.4. The van der Waals surface area contributed by atoms with E-state index in [0.717, 1.165) is 28.2 Å². The van der Waals surface area contributed by atoms with E-state index in [1.54, 1.807) is 0 Å². The molecule has 3 aromatic rings. The number of rotatable bonds is 8. The fourth-order valence-corrected chi connectivity index (χ4v) is 3.62. The zero-order chi connectivity index (χ0) is 21.9. The molecule has 30 heavy (non-hydrogen) atoms. The summed E-state index contributed by atoms with van der Waals surface area (Å²) >= 11 is 0. The summed E-state index contributed by atoms with van der Waals surface area (Å²) < 4.78 is 6.21. The van der Waals surface area contributed by atoms with Gasteiger partial charge in [0.25, 0.3) is 0 Å². The van der Waals surface area contributed by atoms with Crippen molar-refractivity contribution in [3.05, 3.63) is 102 Å². The number of ether oxygens (including phenoxy) is 1. The highest BCUT2D eigenvalue weighted by molar-refractivity contribution is 6.00. The third kappa shape index (κ3) is 4.23. The molecule has 0 saturated heterocycles. The molecule has 1 unspecified atom stereocenters. The quantitative estimate of drug-likeness (QED) is 0.292. The van der Waals surface area contributed by atoms with Gasteiger partial charge < -0.3 is 4.74 Å². The molecule has 0 aliphatic carbocycles. The molecule has 0 aromatic heterocycles. The first-order valence-electron chi connectivity index (χ1n) is 10.3. The summed E-state index contributed by atoms with van der Waals surface area (Å²) in [4.78, 5) is 11.8. The van der Waals surface area contributed by atoms with Gasteiger partial charge in [0.1, 0.15) is 12.4 Å². The molecule has 0 amide bonds. The molecule has 0 aliphatic heterocycles. The van der Waals surface area contributed by atoms with E-state index in [0.29, 0.717) is 17.9 Å². The number of allylic oxidation sites excluding steroid dienone is 2. The molecule has 154 valence electrons. The van der Waals surface area contributed by atoms with Crippen molar-refractivity contribution in [3.8, 4) is 5.75 Å². The monoisotopic (exact) mass is 398 g/mol. The molecule has 3 aromatic carbocycles. The Labute approximate surface area is 179 Å². The number of benzene rings is 3. The minimum atomic E-state index is -0.142. The Kier molecular flexibility index (Phi) is 6.26. The van der Waals surface area contributed by atoms with Crippen LogP contribution in [0.25, 0.3) is 10.8 Å². The molecule has 0 radical (unpaired) electrons. The smallest absolute Gasteiger partial charge is 0.154 e. The van der Waals surface area contributed by atoms with Crippen LogP contribution in [-0.4, -0.2) is 6.29 Å². The number of hydrogen-bond donors (Lipinski definition) is 0. The average Bonchev–Trinajstić information content (AvgIpc) is 2.76. The second kappa shape index (κ2) is 8.71. The molecule has 0 fully saturated rings. The molecule has 0 N–H and O–H groups in total. The molecule has 2 heteroatoms. The van der Waals surface area contributed by atoms with Gasteiger partial charge >= 0.3 is 0 Å². The van der Waals surface area contributed by atoms with Crippen molar-refractivity contribution in [2.75, 3.05) is 0 Å². The molecule has 0 spiro atoms. The Morgan fingerprint density at radius 2 is 1.87 bits per heavy atom. The van der Waals surface area contributed by atoms with Gasteiger partial charge in [-0.2, -0.15) is 0 Å². The highest BCUT2D eigenvalue weighted by atomic mass is 16.5. The van der Waals surface area contributed by atoms with Gasteiger partial charge in [0.05, 0.1) is 5.56 Å². The maximum absolute atomic E-state index is 11.8. The van der Waals surface area contributed by atoms with Crippen molar-refractivity contribution in [2.45, 2.75) is 45.6 Å². The number of aldehydes is 1. The van der Waals surface area contributed by atoms with E-state index in [2.05, 4.69) is 52.1 Å². The molecular weight excluding hydrogens is 368 g/mol. The first-order chi connectivity index (χ1) is 14.3. The molecule has 0 saturated carbocycles. The average molecular weight is 399 g/mol. The van der Waals surface area contributed by atoms with Gasteiger partial charge in [-0.05, 0) is 40.5 Å². The SMILES string of the molecule is C=CC(C)(C)c1ccc(C(C)C(=C)C)c(COc2ccc3ccccc3c2C=O)c1. The summed E-state index contributed by atoms with van der Waals surface area (Å²) in [6.07, 6.45) is 2.84. The Hall–Kier alpha value is -3.13. The van der Waals surface area contributed by atoms with E-state index in [1.807, 2.05) is 49.4 Å². The summed E-state index contributed by atoms with van der Waals surface area (Å²) in [5, 5.41) is 1.93. The molecule has 0 heterocycles. The van der Waals surface area contributed by atoms with E-state index in [-0.39, 0.29) is 11.3 Å². The van der Waals surface area contributed by atoms with E-state index < -0.39 is 0 Å². The topological polar surface area (TPSA) is 26.3 Å². The lowest BCUT2D eigenvalue weighted by Gasteiger charge is -2.24. The summed E-state index contributed by atoms with van der Waals surface area (Å²) in [5.41, 5.74) is 5.03. The molecule has 2 nitrogen and oxygen atoms in total. The lowest BCUT2D eigenvalue weighted by molar-refractivity contribution is 0.112. The summed E-state index contributed by atoms with van der Waals surface area (Å²) in [5.74, 6) is 0.817. The standard InChI is InChI=1S/C28H30O2/c1-7-28(5,6)23-13-14-24(20(4)19(2)3)22(16-23)18-30-27-15-12-21-10-8-9-11-25(21)26(27)17-29/h7-17,20H,1-2,18H2,3-6H3. The van der Waals surface area contributed by atoms with Crippen LogP contribution < -0.4 is 4.74 Å². The van der Waals surface area contributed by atoms with Crippen LogP contribution in [0.5, 0.6) is 5.75 Å². The maximum atomic E-state index is 11.8. The van der Waals surface area contributed by atoms with Crippen LogP contribution in [0.15, 0.2) is 79.4 Å². The van der Waals surface area contributed by atoms with Crippen molar-refractivity contribution in [1.82, 2.24) is 0 Å². The largest absolute Gasteiger partial charge is 0.488 e. The zero-order valence-corrected chi connectivity index (χ0v) is 18.4. The number of hydrogen-bond acceptors (Lipinski definition) is 2. The fourth-order valence-electron chi connectivity index (χ4n) is 3.62.